The van der Waals surface area contributed by atoms with Gasteiger partial charge in [0.05, 0.1) is 11.7 Å². The fourth-order valence-corrected chi connectivity index (χ4v) is 1.88. The Kier molecular flexibility index (Phi) is 5.00. The SMILES string of the molecule is CC(C)CC(C)OC(=O)c1ccc(Br)c(N)c1. The molecule has 0 spiro atoms. The zero-order valence-electron chi connectivity index (χ0n) is 10.4. The van der Waals surface area contributed by atoms with E-state index in [1.165, 1.54) is 0 Å². The van der Waals surface area contributed by atoms with Crippen molar-refractivity contribution in [3.8, 4) is 0 Å². The van der Waals surface area contributed by atoms with Crippen LogP contribution in [0.1, 0.15) is 37.6 Å². The summed E-state index contributed by atoms with van der Waals surface area (Å²) in [7, 11) is 0. The van der Waals surface area contributed by atoms with Gasteiger partial charge in [0.15, 0.2) is 0 Å². The fourth-order valence-electron chi connectivity index (χ4n) is 1.63. The lowest BCUT2D eigenvalue weighted by atomic mass is 10.1. The molecule has 0 fully saturated rings. The molecule has 0 aliphatic carbocycles. The predicted molar refractivity (Wildman–Crippen MR) is 72.9 cm³/mol. The van der Waals surface area contributed by atoms with Crippen LogP contribution < -0.4 is 5.73 Å². The molecule has 0 saturated carbocycles. The standard InChI is InChI=1S/C13H18BrNO2/c1-8(2)6-9(3)17-13(16)10-4-5-11(14)12(15)7-10/h4-5,7-9H,6,15H2,1-3H3. The summed E-state index contributed by atoms with van der Waals surface area (Å²) in [5.74, 6) is 0.185. The third-order valence-electron chi connectivity index (χ3n) is 2.34. The van der Waals surface area contributed by atoms with Gasteiger partial charge in [0.25, 0.3) is 0 Å². The van der Waals surface area contributed by atoms with E-state index in [1.54, 1.807) is 18.2 Å². The second kappa shape index (κ2) is 6.05. The van der Waals surface area contributed by atoms with E-state index in [9.17, 15) is 4.79 Å². The number of carbonyl (C=O) groups is 1. The van der Waals surface area contributed by atoms with E-state index in [4.69, 9.17) is 10.5 Å². The molecule has 0 aromatic heterocycles. The lowest BCUT2D eigenvalue weighted by molar-refractivity contribution is 0.0299. The Labute approximate surface area is 110 Å². The molecule has 1 unspecified atom stereocenters. The first kappa shape index (κ1) is 14.0. The largest absolute Gasteiger partial charge is 0.459 e. The smallest absolute Gasteiger partial charge is 0.338 e. The molecule has 1 rings (SSSR count). The molecular formula is C13H18BrNO2. The highest BCUT2D eigenvalue weighted by atomic mass is 79.9. The second-order valence-corrected chi connectivity index (χ2v) is 5.44. The van der Waals surface area contributed by atoms with E-state index in [1.807, 2.05) is 6.92 Å². The highest BCUT2D eigenvalue weighted by Crippen LogP contribution is 2.21. The van der Waals surface area contributed by atoms with Crippen molar-refractivity contribution in [1.82, 2.24) is 0 Å². The molecule has 0 aliphatic heterocycles. The lowest BCUT2D eigenvalue weighted by Gasteiger charge is -2.15. The molecule has 17 heavy (non-hydrogen) atoms. The molecule has 0 saturated heterocycles. The van der Waals surface area contributed by atoms with Crippen LogP contribution in [0.5, 0.6) is 0 Å². The van der Waals surface area contributed by atoms with Gasteiger partial charge in [-0.15, -0.1) is 0 Å². The summed E-state index contributed by atoms with van der Waals surface area (Å²) in [5, 5.41) is 0. The Morgan fingerprint density at radius 3 is 2.59 bits per heavy atom. The van der Waals surface area contributed by atoms with Crippen molar-refractivity contribution in [2.75, 3.05) is 5.73 Å². The highest BCUT2D eigenvalue weighted by molar-refractivity contribution is 9.10. The molecule has 0 amide bonds. The third-order valence-corrected chi connectivity index (χ3v) is 3.07. The summed E-state index contributed by atoms with van der Waals surface area (Å²) in [4.78, 5) is 11.8. The van der Waals surface area contributed by atoms with Gasteiger partial charge >= 0.3 is 5.97 Å². The van der Waals surface area contributed by atoms with Gasteiger partial charge in [0.2, 0.25) is 0 Å². The highest BCUT2D eigenvalue weighted by Gasteiger charge is 2.13. The summed E-state index contributed by atoms with van der Waals surface area (Å²) in [6.45, 7) is 6.10. The van der Waals surface area contributed by atoms with Crippen LogP contribution in [-0.2, 0) is 4.74 Å². The zero-order valence-corrected chi connectivity index (χ0v) is 12.0. The van der Waals surface area contributed by atoms with Gasteiger partial charge < -0.3 is 10.5 Å². The van der Waals surface area contributed by atoms with E-state index < -0.39 is 0 Å². The van der Waals surface area contributed by atoms with Crippen LogP contribution >= 0.6 is 15.9 Å². The van der Waals surface area contributed by atoms with Gasteiger partial charge in [-0.25, -0.2) is 4.79 Å². The van der Waals surface area contributed by atoms with E-state index in [-0.39, 0.29) is 12.1 Å². The second-order valence-electron chi connectivity index (χ2n) is 4.58. The van der Waals surface area contributed by atoms with Crippen LogP contribution in [0.3, 0.4) is 0 Å². The number of nitrogens with two attached hydrogens (primary N) is 1. The first-order chi connectivity index (χ1) is 7.90. The molecular weight excluding hydrogens is 282 g/mol. The van der Waals surface area contributed by atoms with Crippen molar-refractivity contribution in [1.29, 1.82) is 0 Å². The molecule has 0 radical (unpaired) electrons. The van der Waals surface area contributed by atoms with Crippen LogP contribution in [0, 0.1) is 5.92 Å². The van der Waals surface area contributed by atoms with Crippen LogP contribution in [0.2, 0.25) is 0 Å². The first-order valence-corrected chi connectivity index (χ1v) is 6.45. The number of esters is 1. The minimum atomic E-state index is -0.322. The maximum Gasteiger partial charge on any atom is 0.338 e. The number of carbonyl (C=O) groups excluding carboxylic acids is 1. The van der Waals surface area contributed by atoms with Gasteiger partial charge in [0.1, 0.15) is 0 Å². The van der Waals surface area contributed by atoms with Crippen LogP contribution in [-0.4, -0.2) is 12.1 Å². The Morgan fingerprint density at radius 1 is 1.41 bits per heavy atom. The van der Waals surface area contributed by atoms with Gasteiger partial charge in [-0.05, 0) is 53.4 Å². The average molecular weight is 300 g/mol. The number of rotatable bonds is 4. The first-order valence-electron chi connectivity index (χ1n) is 5.66. The van der Waals surface area contributed by atoms with Crippen LogP contribution in [0.4, 0.5) is 5.69 Å². The monoisotopic (exact) mass is 299 g/mol. The van der Waals surface area contributed by atoms with Crippen molar-refractivity contribution in [3.05, 3.63) is 28.2 Å². The molecule has 0 aliphatic rings. The van der Waals surface area contributed by atoms with Gasteiger partial charge in [-0.2, -0.15) is 0 Å². The predicted octanol–water partition coefficient (Wildman–Crippen LogP) is 3.62. The van der Waals surface area contributed by atoms with Gasteiger partial charge in [0, 0.05) is 10.2 Å². The number of anilines is 1. The van der Waals surface area contributed by atoms with Crippen molar-refractivity contribution in [2.45, 2.75) is 33.3 Å². The van der Waals surface area contributed by atoms with Gasteiger partial charge in [-0.1, -0.05) is 13.8 Å². The Morgan fingerprint density at radius 2 is 2.06 bits per heavy atom. The summed E-state index contributed by atoms with van der Waals surface area (Å²) in [6.07, 6.45) is 0.782. The average Bonchev–Trinajstić information content (AvgIpc) is 2.20. The van der Waals surface area contributed by atoms with Crippen molar-refractivity contribution >= 4 is 27.6 Å². The number of nitrogen functional groups attached to an aromatic ring is 1. The minimum absolute atomic E-state index is 0.0765. The van der Waals surface area contributed by atoms with Crippen LogP contribution in [0.25, 0.3) is 0 Å². The van der Waals surface area contributed by atoms with Crippen molar-refractivity contribution in [2.24, 2.45) is 5.92 Å². The fraction of sp³-hybridized carbons (Fsp3) is 0.462. The molecule has 1 aromatic carbocycles. The molecule has 1 atom stereocenters. The number of hydrogen-bond donors (Lipinski definition) is 1. The maximum absolute atomic E-state index is 11.8. The normalized spacial score (nSPS) is 12.5. The van der Waals surface area contributed by atoms with Gasteiger partial charge in [-0.3, -0.25) is 0 Å². The third kappa shape index (κ3) is 4.38. The molecule has 94 valence electrons. The maximum atomic E-state index is 11.8. The molecule has 3 nitrogen and oxygen atoms in total. The quantitative estimate of drug-likeness (QED) is 0.682. The Bertz CT molecular complexity index is 404. The number of hydrogen-bond acceptors (Lipinski definition) is 3. The molecule has 2 N–H and O–H groups in total. The summed E-state index contributed by atoms with van der Waals surface area (Å²) in [6, 6.07) is 5.07. The van der Waals surface area contributed by atoms with Crippen molar-refractivity contribution < 1.29 is 9.53 Å². The summed E-state index contributed by atoms with van der Waals surface area (Å²) >= 11 is 3.28. The van der Waals surface area contributed by atoms with Crippen LogP contribution in [0.15, 0.2) is 22.7 Å². The lowest BCUT2D eigenvalue weighted by Crippen LogP contribution is -2.17. The summed E-state index contributed by atoms with van der Waals surface area (Å²) in [5.41, 5.74) is 6.74. The molecule has 0 bridgehead atoms. The topological polar surface area (TPSA) is 52.3 Å². The van der Waals surface area contributed by atoms with E-state index >= 15 is 0 Å². The van der Waals surface area contributed by atoms with E-state index in [0.717, 1.165) is 10.9 Å². The van der Waals surface area contributed by atoms with E-state index in [0.29, 0.717) is 17.2 Å². The number of halogens is 1. The Hall–Kier alpha value is -1.03. The van der Waals surface area contributed by atoms with Crippen molar-refractivity contribution in [3.63, 3.8) is 0 Å². The molecule has 1 aromatic rings. The molecule has 0 heterocycles. The number of ether oxygens (including phenoxy) is 1. The minimum Gasteiger partial charge on any atom is -0.459 e. The van der Waals surface area contributed by atoms with E-state index in [2.05, 4.69) is 29.8 Å². The number of benzene rings is 1. The molecule has 4 heteroatoms. The zero-order chi connectivity index (χ0) is 13.0. The Balaban J connectivity index is 2.66. The summed E-state index contributed by atoms with van der Waals surface area (Å²) < 4.78 is 6.11.